The van der Waals surface area contributed by atoms with Crippen LogP contribution in [0.15, 0.2) is 48.5 Å². The second-order valence-electron chi connectivity index (χ2n) is 7.87. The van der Waals surface area contributed by atoms with Gasteiger partial charge < -0.3 is 10.1 Å². The number of esters is 1. The van der Waals surface area contributed by atoms with Gasteiger partial charge in [-0.3, -0.25) is 19.3 Å². The third kappa shape index (κ3) is 5.57. The number of hydrogen-bond donors (Lipinski definition) is 1. The Morgan fingerprint density at radius 3 is 2.42 bits per heavy atom. The summed E-state index contributed by atoms with van der Waals surface area (Å²) in [4.78, 5) is 50.5. The Morgan fingerprint density at radius 1 is 1.00 bits per heavy atom. The van der Waals surface area contributed by atoms with Crippen molar-refractivity contribution in [1.29, 1.82) is 0 Å². The molecule has 3 amide bonds. The summed E-state index contributed by atoms with van der Waals surface area (Å²) in [6.07, 6.45) is 1.38. The SMILES string of the molecule is CC(C)CCN1C(=O)c2ccc(C(=O)OCC(=O)NCCc3ccccc3)cc2C1=O. The molecule has 0 fully saturated rings. The minimum absolute atomic E-state index is 0.127. The number of ether oxygens (including phenoxy) is 1. The highest BCUT2D eigenvalue weighted by Gasteiger charge is 2.35. The fourth-order valence-electron chi connectivity index (χ4n) is 3.26. The first kappa shape index (κ1) is 22.2. The summed E-state index contributed by atoms with van der Waals surface area (Å²) in [6, 6.07) is 14.0. The standard InChI is InChI=1S/C24H26N2O5/c1-16(2)11-13-26-22(28)19-9-8-18(14-20(19)23(26)29)24(30)31-15-21(27)25-12-10-17-6-4-3-5-7-17/h3-9,14,16H,10-13,15H2,1-2H3,(H,25,27). The normalized spacial score (nSPS) is 12.8. The first-order valence-electron chi connectivity index (χ1n) is 10.3. The molecule has 3 rings (SSSR count). The van der Waals surface area contributed by atoms with Crippen LogP contribution in [-0.2, 0) is 16.0 Å². The average Bonchev–Trinajstić information content (AvgIpc) is 3.00. The van der Waals surface area contributed by atoms with Crippen LogP contribution < -0.4 is 5.32 Å². The summed E-state index contributed by atoms with van der Waals surface area (Å²) in [5.74, 6) is -1.53. The Kier molecular flexibility index (Phi) is 7.18. The molecule has 0 saturated heterocycles. The fourth-order valence-corrected chi connectivity index (χ4v) is 3.26. The van der Waals surface area contributed by atoms with Crippen LogP contribution in [0.25, 0.3) is 0 Å². The molecule has 7 heteroatoms. The van der Waals surface area contributed by atoms with Crippen LogP contribution in [0.4, 0.5) is 0 Å². The number of hydrogen-bond acceptors (Lipinski definition) is 5. The van der Waals surface area contributed by atoms with E-state index < -0.39 is 24.4 Å². The average molecular weight is 422 g/mol. The van der Waals surface area contributed by atoms with Crippen LogP contribution in [0, 0.1) is 5.92 Å². The summed E-state index contributed by atoms with van der Waals surface area (Å²) >= 11 is 0. The quantitative estimate of drug-likeness (QED) is 0.496. The van der Waals surface area contributed by atoms with Crippen molar-refractivity contribution in [2.45, 2.75) is 26.7 Å². The zero-order chi connectivity index (χ0) is 22.4. The van der Waals surface area contributed by atoms with Gasteiger partial charge >= 0.3 is 5.97 Å². The van der Waals surface area contributed by atoms with Crippen molar-refractivity contribution in [2.24, 2.45) is 5.92 Å². The number of benzene rings is 2. The molecule has 31 heavy (non-hydrogen) atoms. The molecule has 1 aliphatic heterocycles. The Bertz CT molecular complexity index is 985. The molecule has 7 nitrogen and oxygen atoms in total. The first-order valence-corrected chi connectivity index (χ1v) is 10.3. The molecule has 2 aromatic rings. The Morgan fingerprint density at radius 2 is 1.71 bits per heavy atom. The smallest absolute Gasteiger partial charge is 0.338 e. The van der Waals surface area contributed by atoms with Gasteiger partial charge in [-0.15, -0.1) is 0 Å². The van der Waals surface area contributed by atoms with E-state index in [4.69, 9.17) is 4.74 Å². The molecule has 1 aliphatic rings. The van der Waals surface area contributed by atoms with Gasteiger partial charge in [0, 0.05) is 13.1 Å². The highest BCUT2D eigenvalue weighted by Crippen LogP contribution is 2.25. The Hall–Kier alpha value is -3.48. The highest BCUT2D eigenvalue weighted by molar-refractivity contribution is 6.22. The molecule has 0 unspecified atom stereocenters. The van der Waals surface area contributed by atoms with Crippen LogP contribution in [0.1, 0.15) is 56.9 Å². The number of amides is 3. The molecular weight excluding hydrogens is 396 g/mol. The zero-order valence-corrected chi connectivity index (χ0v) is 17.7. The van der Waals surface area contributed by atoms with Crippen LogP contribution >= 0.6 is 0 Å². The molecule has 0 radical (unpaired) electrons. The van der Waals surface area contributed by atoms with E-state index in [1.165, 1.54) is 23.1 Å². The van der Waals surface area contributed by atoms with Gasteiger partial charge in [0.05, 0.1) is 16.7 Å². The number of carbonyl (C=O) groups is 4. The van der Waals surface area contributed by atoms with Crippen LogP contribution in [0.2, 0.25) is 0 Å². The number of carbonyl (C=O) groups excluding carboxylic acids is 4. The maximum absolute atomic E-state index is 12.6. The third-order valence-corrected chi connectivity index (χ3v) is 5.05. The Balaban J connectivity index is 1.52. The van der Waals surface area contributed by atoms with E-state index in [2.05, 4.69) is 5.32 Å². The van der Waals surface area contributed by atoms with E-state index in [1.54, 1.807) is 0 Å². The molecule has 0 aliphatic carbocycles. The summed E-state index contributed by atoms with van der Waals surface area (Å²) in [5.41, 5.74) is 1.70. The van der Waals surface area contributed by atoms with E-state index >= 15 is 0 Å². The van der Waals surface area contributed by atoms with Crippen LogP contribution in [-0.4, -0.2) is 48.3 Å². The topological polar surface area (TPSA) is 92.8 Å². The van der Waals surface area contributed by atoms with Gasteiger partial charge in [-0.25, -0.2) is 4.79 Å². The van der Waals surface area contributed by atoms with Gasteiger partial charge in [-0.05, 0) is 42.5 Å². The van der Waals surface area contributed by atoms with Crippen LogP contribution in [0.5, 0.6) is 0 Å². The molecule has 1 N–H and O–H groups in total. The van der Waals surface area contributed by atoms with Gasteiger partial charge in [0.1, 0.15) is 0 Å². The maximum Gasteiger partial charge on any atom is 0.338 e. The van der Waals surface area contributed by atoms with Crippen molar-refractivity contribution in [3.05, 3.63) is 70.8 Å². The van der Waals surface area contributed by atoms with E-state index in [0.29, 0.717) is 31.8 Å². The molecular formula is C24H26N2O5. The predicted octanol–water partition coefficient (Wildman–Crippen LogP) is 2.84. The first-order chi connectivity index (χ1) is 14.9. The van der Waals surface area contributed by atoms with E-state index in [1.807, 2.05) is 44.2 Å². The molecule has 0 spiro atoms. The molecule has 0 aromatic heterocycles. The largest absolute Gasteiger partial charge is 0.452 e. The van der Waals surface area contributed by atoms with Crippen molar-refractivity contribution in [3.8, 4) is 0 Å². The number of fused-ring (bicyclic) bond motifs is 1. The van der Waals surface area contributed by atoms with Crippen LogP contribution in [0.3, 0.4) is 0 Å². The van der Waals surface area contributed by atoms with Crippen molar-refractivity contribution >= 4 is 23.7 Å². The molecule has 0 saturated carbocycles. The highest BCUT2D eigenvalue weighted by atomic mass is 16.5. The fraction of sp³-hybridized carbons (Fsp3) is 0.333. The number of rotatable bonds is 9. The molecule has 0 bridgehead atoms. The second-order valence-corrected chi connectivity index (χ2v) is 7.87. The minimum atomic E-state index is -0.720. The lowest BCUT2D eigenvalue weighted by Gasteiger charge is -2.14. The molecule has 162 valence electrons. The minimum Gasteiger partial charge on any atom is -0.452 e. The van der Waals surface area contributed by atoms with Crippen molar-refractivity contribution in [1.82, 2.24) is 10.2 Å². The zero-order valence-electron chi connectivity index (χ0n) is 17.7. The van der Waals surface area contributed by atoms with E-state index in [9.17, 15) is 19.2 Å². The predicted molar refractivity (Wildman–Crippen MR) is 115 cm³/mol. The summed E-state index contributed by atoms with van der Waals surface area (Å²) in [7, 11) is 0. The Labute approximate surface area is 181 Å². The number of imide groups is 1. The number of nitrogens with zero attached hydrogens (tertiary/aromatic N) is 1. The van der Waals surface area contributed by atoms with Gasteiger partial charge in [-0.2, -0.15) is 0 Å². The molecule has 2 aromatic carbocycles. The summed E-state index contributed by atoms with van der Waals surface area (Å²) in [5, 5.41) is 2.70. The third-order valence-electron chi connectivity index (χ3n) is 5.05. The van der Waals surface area contributed by atoms with E-state index in [-0.39, 0.29) is 22.6 Å². The van der Waals surface area contributed by atoms with Gasteiger partial charge in [0.25, 0.3) is 17.7 Å². The van der Waals surface area contributed by atoms with Crippen molar-refractivity contribution in [2.75, 3.05) is 19.7 Å². The lowest BCUT2D eigenvalue weighted by molar-refractivity contribution is -0.124. The lowest BCUT2D eigenvalue weighted by atomic mass is 10.1. The van der Waals surface area contributed by atoms with Gasteiger partial charge in [0.2, 0.25) is 0 Å². The molecule has 1 heterocycles. The van der Waals surface area contributed by atoms with E-state index in [0.717, 1.165) is 5.56 Å². The van der Waals surface area contributed by atoms with Gasteiger partial charge in [0.15, 0.2) is 6.61 Å². The number of nitrogens with one attached hydrogen (secondary N) is 1. The lowest BCUT2D eigenvalue weighted by Crippen LogP contribution is -2.31. The maximum atomic E-state index is 12.6. The monoisotopic (exact) mass is 422 g/mol. The van der Waals surface area contributed by atoms with Crippen molar-refractivity contribution < 1.29 is 23.9 Å². The van der Waals surface area contributed by atoms with Crippen molar-refractivity contribution in [3.63, 3.8) is 0 Å². The molecule has 0 atom stereocenters. The van der Waals surface area contributed by atoms with Gasteiger partial charge in [-0.1, -0.05) is 44.2 Å². The summed E-state index contributed by atoms with van der Waals surface area (Å²) < 4.78 is 5.06. The summed E-state index contributed by atoms with van der Waals surface area (Å²) in [6.45, 7) is 4.39. The second kappa shape index (κ2) is 10.0.